The number of hydrogen-bond donors (Lipinski definition) is 3. The fourth-order valence-electron chi connectivity index (χ4n) is 11.2. The normalized spacial score (nSPS) is 55.3. The second kappa shape index (κ2) is 9.24. The van der Waals surface area contributed by atoms with Crippen LogP contribution >= 0.6 is 0 Å². The van der Waals surface area contributed by atoms with Crippen LogP contribution in [0, 0.1) is 52.3 Å². The molecule has 2 saturated heterocycles. The van der Waals surface area contributed by atoms with Crippen LogP contribution in [-0.4, -0.2) is 37.5 Å². The molecule has 4 heteroatoms. The summed E-state index contributed by atoms with van der Waals surface area (Å²) in [6.07, 6.45) is 16.9. The van der Waals surface area contributed by atoms with Crippen molar-refractivity contribution in [3.05, 3.63) is 0 Å². The van der Waals surface area contributed by atoms with E-state index in [0.717, 1.165) is 67.6 Å². The molecule has 4 nitrogen and oxygen atoms in total. The largest absolute Gasteiger partial charge is 0.357 e. The standard InChI is InChI=1S/C31H55N3O/c1-20-9-14-31(34-19-20)21(2)28-27(35-31)18-26-24-8-7-22-17-23(33-16-6-5-15-32)10-12-29(22,3)25(24)11-13-30(26,28)4/h20-28,33-34H,5-19,32H2,1-4H3/t20?,21-,22-,23?,24+,25-,26-,27-,28-,29-,30-,31-/m0/s1. The number of unbranched alkanes of at least 4 members (excludes halogenated alkanes) is 1. The zero-order chi connectivity index (χ0) is 24.4. The van der Waals surface area contributed by atoms with Gasteiger partial charge in [-0.1, -0.05) is 27.7 Å². The SMILES string of the molecule is CC1CC[C@]2(NC1)O[C@H]1C[C@H]3[C@@H]4CC[C@H]5CC(NCCCCN)CC[C@]5(C)[C@H]4CC[C@]3(C)[C@H]1[C@@H]2C. The van der Waals surface area contributed by atoms with E-state index in [1.54, 1.807) is 0 Å². The van der Waals surface area contributed by atoms with Gasteiger partial charge in [-0.3, -0.25) is 5.32 Å². The number of fused-ring (bicyclic) bond motifs is 7. The number of ether oxygens (including phenoxy) is 1. The first-order valence-electron chi connectivity index (χ1n) is 15.7. The van der Waals surface area contributed by atoms with Crippen LogP contribution in [0.15, 0.2) is 0 Å². The molecule has 4 aliphatic carbocycles. The van der Waals surface area contributed by atoms with Crippen molar-refractivity contribution in [1.82, 2.24) is 10.6 Å². The molecule has 1 spiro atoms. The number of rotatable bonds is 5. The third kappa shape index (κ3) is 3.90. The molecule has 0 amide bonds. The summed E-state index contributed by atoms with van der Waals surface area (Å²) in [6.45, 7) is 13.5. The van der Waals surface area contributed by atoms with Gasteiger partial charge in [0.2, 0.25) is 0 Å². The number of nitrogens with two attached hydrogens (primary N) is 1. The highest BCUT2D eigenvalue weighted by molar-refractivity contribution is 5.16. The predicted octanol–water partition coefficient (Wildman–Crippen LogP) is 5.70. The molecule has 6 aliphatic rings. The second-order valence-corrected chi connectivity index (χ2v) is 14.7. The highest BCUT2D eigenvalue weighted by Gasteiger charge is 2.68. The second-order valence-electron chi connectivity index (χ2n) is 14.7. The maximum Gasteiger partial charge on any atom is 0.122 e. The van der Waals surface area contributed by atoms with Gasteiger partial charge >= 0.3 is 0 Å². The highest BCUT2D eigenvalue weighted by Crippen LogP contribution is 2.71. The summed E-state index contributed by atoms with van der Waals surface area (Å²) in [5.41, 5.74) is 6.74. The van der Waals surface area contributed by atoms with Crippen LogP contribution in [-0.2, 0) is 4.74 Å². The molecule has 2 aliphatic heterocycles. The minimum Gasteiger partial charge on any atom is -0.357 e. The topological polar surface area (TPSA) is 59.3 Å². The van der Waals surface area contributed by atoms with Gasteiger partial charge < -0.3 is 15.8 Å². The lowest BCUT2D eigenvalue weighted by Gasteiger charge is -2.61. The van der Waals surface area contributed by atoms with Gasteiger partial charge in [0, 0.05) is 18.5 Å². The Labute approximate surface area is 215 Å². The van der Waals surface area contributed by atoms with Gasteiger partial charge in [0.15, 0.2) is 0 Å². The van der Waals surface area contributed by atoms with E-state index in [9.17, 15) is 0 Å². The highest BCUT2D eigenvalue weighted by atomic mass is 16.5. The van der Waals surface area contributed by atoms with E-state index in [-0.39, 0.29) is 5.72 Å². The van der Waals surface area contributed by atoms with E-state index < -0.39 is 0 Å². The Morgan fingerprint density at radius 3 is 2.51 bits per heavy atom. The summed E-state index contributed by atoms with van der Waals surface area (Å²) in [5.74, 6) is 5.93. The van der Waals surface area contributed by atoms with Crippen molar-refractivity contribution in [2.24, 2.45) is 58.0 Å². The summed E-state index contributed by atoms with van der Waals surface area (Å²) in [7, 11) is 0. The fourth-order valence-corrected chi connectivity index (χ4v) is 11.2. The van der Waals surface area contributed by atoms with E-state index in [1.165, 1.54) is 70.6 Å². The first-order chi connectivity index (χ1) is 16.8. The summed E-state index contributed by atoms with van der Waals surface area (Å²) in [4.78, 5) is 0. The molecule has 0 bridgehead atoms. The van der Waals surface area contributed by atoms with Crippen molar-refractivity contribution >= 4 is 0 Å². The first-order valence-corrected chi connectivity index (χ1v) is 15.7. The van der Waals surface area contributed by atoms with Crippen molar-refractivity contribution in [3.63, 3.8) is 0 Å². The smallest absolute Gasteiger partial charge is 0.122 e. The van der Waals surface area contributed by atoms with Gasteiger partial charge in [0.05, 0.1) is 6.10 Å². The molecular formula is C31H55N3O. The van der Waals surface area contributed by atoms with Gasteiger partial charge in [-0.25, -0.2) is 0 Å². The third-order valence-electron chi connectivity index (χ3n) is 13.2. The molecule has 2 unspecified atom stereocenters. The summed E-state index contributed by atoms with van der Waals surface area (Å²) in [6, 6.07) is 0.748. The molecule has 0 radical (unpaired) electrons. The molecule has 4 saturated carbocycles. The number of hydrogen-bond acceptors (Lipinski definition) is 4. The number of piperidine rings is 1. The van der Waals surface area contributed by atoms with Crippen molar-refractivity contribution in [1.29, 1.82) is 0 Å². The van der Waals surface area contributed by atoms with Crippen LogP contribution in [0.5, 0.6) is 0 Å². The van der Waals surface area contributed by atoms with Gasteiger partial charge in [-0.2, -0.15) is 0 Å². The Morgan fingerprint density at radius 2 is 1.74 bits per heavy atom. The zero-order valence-electron chi connectivity index (χ0n) is 23.3. The molecule has 6 fully saturated rings. The van der Waals surface area contributed by atoms with Crippen LogP contribution in [0.1, 0.15) is 105 Å². The van der Waals surface area contributed by atoms with E-state index >= 15 is 0 Å². The maximum absolute atomic E-state index is 7.08. The molecule has 0 aromatic carbocycles. The zero-order valence-corrected chi connectivity index (χ0v) is 23.3. The lowest BCUT2D eigenvalue weighted by molar-refractivity contribution is -0.134. The Balaban J connectivity index is 1.14. The van der Waals surface area contributed by atoms with Crippen molar-refractivity contribution in [2.45, 2.75) is 123 Å². The van der Waals surface area contributed by atoms with Crippen LogP contribution in [0.2, 0.25) is 0 Å². The minimum absolute atomic E-state index is 0.0220. The Kier molecular flexibility index (Phi) is 6.64. The Hall–Kier alpha value is -0.160. The Bertz CT molecular complexity index is 764. The van der Waals surface area contributed by atoms with Crippen LogP contribution < -0.4 is 16.4 Å². The fraction of sp³-hybridized carbons (Fsp3) is 1.00. The molecule has 4 N–H and O–H groups in total. The van der Waals surface area contributed by atoms with Gasteiger partial charge in [-0.05, 0) is 136 Å². The predicted molar refractivity (Wildman–Crippen MR) is 144 cm³/mol. The van der Waals surface area contributed by atoms with Crippen LogP contribution in [0.3, 0.4) is 0 Å². The maximum atomic E-state index is 7.08. The van der Waals surface area contributed by atoms with E-state index in [2.05, 4.69) is 38.3 Å². The van der Waals surface area contributed by atoms with E-state index in [1.807, 2.05) is 0 Å². The first kappa shape index (κ1) is 25.1. The summed E-state index contributed by atoms with van der Waals surface area (Å²) >= 11 is 0. The van der Waals surface area contributed by atoms with Crippen molar-refractivity contribution in [2.75, 3.05) is 19.6 Å². The van der Waals surface area contributed by atoms with Crippen molar-refractivity contribution in [3.8, 4) is 0 Å². The molecule has 6 rings (SSSR count). The van der Waals surface area contributed by atoms with Crippen molar-refractivity contribution < 1.29 is 4.74 Å². The quantitative estimate of drug-likeness (QED) is 0.437. The lowest BCUT2D eigenvalue weighted by atomic mass is 9.44. The summed E-state index contributed by atoms with van der Waals surface area (Å²) < 4.78 is 7.08. The lowest BCUT2D eigenvalue weighted by Crippen LogP contribution is -2.58. The molecule has 12 atom stereocenters. The van der Waals surface area contributed by atoms with E-state index in [0.29, 0.717) is 22.9 Å². The van der Waals surface area contributed by atoms with Gasteiger partial charge in [-0.15, -0.1) is 0 Å². The molecule has 200 valence electrons. The summed E-state index contributed by atoms with van der Waals surface area (Å²) in [5, 5.41) is 7.83. The monoisotopic (exact) mass is 485 g/mol. The van der Waals surface area contributed by atoms with Gasteiger partial charge in [0.1, 0.15) is 5.72 Å². The third-order valence-corrected chi connectivity index (χ3v) is 13.2. The Morgan fingerprint density at radius 1 is 0.914 bits per heavy atom. The molecule has 0 aromatic heterocycles. The molecule has 0 aromatic rings. The van der Waals surface area contributed by atoms with Gasteiger partial charge in [0.25, 0.3) is 0 Å². The average Bonchev–Trinajstić information content (AvgIpc) is 3.29. The van der Waals surface area contributed by atoms with Crippen LogP contribution in [0.4, 0.5) is 0 Å². The molecular weight excluding hydrogens is 430 g/mol. The molecule has 2 heterocycles. The molecule has 35 heavy (non-hydrogen) atoms. The average molecular weight is 486 g/mol. The van der Waals surface area contributed by atoms with Crippen LogP contribution in [0.25, 0.3) is 0 Å². The minimum atomic E-state index is -0.0220. The van der Waals surface area contributed by atoms with E-state index in [4.69, 9.17) is 10.5 Å². The number of nitrogens with one attached hydrogen (secondary N) is 2.